The summed E-state index contributed by atoms with van der Waals surface area (Å²) in [5, 5.41) is 10.2. The van der Waals surface area contributed by atoms with Crippen molar-refractivity contribution in [1.82, 2.24) is 0 Å². The van der Waals surface area contributed by atoms with Crippen LogP contribution in [0.25, 0.3) is 0 Å². The summed E-state index contributed by atoms with van der Waals surface area (Å²) in [6, 6.07) is 5.36. The molecule has 5 heteroatoms. The molecule has 0 aromatic heterocycles. The Morgan fingerprint density at radius 1 is 1.56 bits per heavy atom. The predicted octanol–water partition coefficient (Wildman–Crippen LogP) is 2.61. The number of rotatable bonds is 4. The average molecular weight is 288 g/mol. The average Bonchev–Trinajstić information content (AvgIpc) is 2.41. The van der Waals surface area contributed by atoms with Crippen LogP contribution in [-0.2, 0) is 0 Å². The molecule has 2 atom stereocenters. The summed E-state index contributed by atoms with van der Waals surface area (Å²) in [7, 11) is 0. The largest absolute Gasteiger partial charge is 0.488 e. The first-order valence-corrected chi connectivity index (χ1v) is 7.66. The van der Waals surface area contributed by atoms with Gasteiger partial charge in [-0.05, 0) is 36.3 Å². The van der Waals surface area contributed by atoms with E-state index in [2.05, 4.69) is 0 Å². The van der Waals surface area contributed by atoms with Crippen LogP contribution in [0.5, 0.6) is 5.75 Å². The molecule has 2 unspecified atom stereocenters. The van der Waals surface area contributed by atoms with Crippen LogP contribution in [0.4, 0.5) is 0 Å². The molecule has 1 aliphatic heterocycles. The summed E-state index contributed by atoms with van der Waals surface area (Å²) in [5.74, 6) is 2.93. The highest BCUT2D eigenvalue weighted by Crippen LogP contribution is 2.30. The molecule has 0 radical (unpaired) electrons. The van der Waals surface area contributed by atoms with Gasteiger partial charge in [0.2, 0.25) is 0 Å². The van der Waals surface area contributed by atoms with E-state index in [4.69, 9.17) is 22.1 Å². The summed E-state index contributed by atoms with van der Waals surface area (Å²) in [4.78, 5) is 0. The lowest BCUT2D eigenvalue weighted by Gasteiger charge is -2.23. The van der Waals surface area contributed by atoms with Crippen LogP contribution in [-0.4, -0.2) is 29.3 Å². The Morgan fingerprint density at radius 2 is 2.39 bits per heavy atom. The molecular weight excluding hydrogens is 270 g/mol. The highest BCUT2D eigenvalue weighted by Gasteiger charge is 2.17. The van der Waals surface area contributed by atoms with Crippen molar-refractivity contribution in [3.8, 4) is 5.75 Å². The third-order valence-corrected chi connectivity index (χ3v) is 4.46. The van der Waals surface area contributed by atoms with Crippen molar-refractivity contribution < 1.29 is 9.84 Å². The number of hydrogen-bond acceptors (Lipinski definition) is 4. The molecule has 0 amide bonds. The van der Waals surface area contributed by atoms with Crippen LogP contribution < -0.4 is 10.5 Å². The molecule has 0 saturated carbocycles. The molecule has 1 fully saturated rings. The summed E-state index contributed by atoms with van der Waals surface area (Å²) < 4.78 is 5.89. The maximum absolute atomic E-state index is 9.64. The van der Waals surface area contributed by atoms with Gasteiger partial charge < -0.3 is 15.6 Å². The van der Waals surface area contributed by atoms with Crippen LogP contribution in [0.15, 0.2) is 18.2 Å². The van der Waals surface area contributed by atoms with Crippen LogP contribution >= 0.6 is 23.4 Å². The molecule has 100 valence electrons. The fraction of sp³-hybridized carbons (Fsp3) is 0.538. The molecule has 3 nitrogen and oxygen atoms in total. The van der Waals surface area contributed by atoms with Gasteiger partial charge in [0, 0.05) is 12.3 Å². The number of halogens is 1. The standard InChI is InChI=1S/C13H18ClNO2S/c14-11-6-9(12(16)7-15)3-4-13(11)17-10-2-1-5-18-8-10/h3-4,6,10,12,16H,1-2,5,7-8,15H2. The van der Waals surface area contributed by atoms with Gasteiger partial charge in [-0.3, -0.25) is 0 Å². The van der Waals surface area contributed by atoms with E-state index >= 15 is 0 Å². The second kappa shape index (κ2) is 6.66. The SMILES string of the molecule is NCC(O)c1ccc(OC2CCCSC2)c(Cl)c1. The summed E-state index contributed by atoms with van der Waals surface area (Å²) >= 11 is 8.08. The minimum Gasteiger partial charge on any atom is -0.488 e. The van der Waals surface area contributed by atoms with E-state index in [1.54, 1.807) is 6.07 Å². The van der Waals surface area contributed by atoms with Gasteiger partial charge in [0.1, 0.15) is 11.9 Å². The van der Waals surface area contributed by atoms with Gasteiger partial charge in [-0.1, -0.05) is 17.7 Å². The van der Waals surface area contributed by atoms with Gasteiger partial charge in [-0.2, -0.15) is 11.8 Å². The predicted molar refractivity (Wildman–Crippen MR) is 76.4 cm³/mol. The molecule has 1 aromatic carbocycles. The first-order chi connectivity index (χ1) is 8.70. The molecule has 0 spiro atoms. The lowest BCUT2D eigenvalue weighted by molar-refractivity contribution is 0.186. The Labute approximate surface area is 117 Å². The summed E-state index contributed by atoms with van der Waals surface area (Å²) in [6.07, 6.45) is 1.85. The minimum atomic E-state index is -0.665. The molecule has 1 heterocycles. The molecule has 1 saturated heterocycles. The second-order valence-corrected chi connectivity index (χ2v) is 5.96. The maximum Gasteiger partial charge on any atom is 0.138 e. The normalized spacial score (nSPS) is 21.6. The van der Waals surface area contributed by atoms with Crippen LogP contribution in [0.1, 0.15) is 24.5 Å². The van der Waals surface area contributed by atoms with Crippen molar-refractivity contribution in [3.05, 3.63) is 28.8 Å². The zero-order chi connectivity index (χ0) is 13.0. The Bertz CT molecular complexity index is 397. The van der Waals surface area contributed by atoms with Gasteiger partial charge in [0.05, 0.1) is 11.1 Å². The third-order valence-electron chi connectivity index (χ3n) is 2.98. The van der Waals surface area contributed by atoms with Crippen molar-refractivity contribution in [3.63, 3.8) is 0 Å². The third kappa shape index (κ3) is 3.54. The quantitative estimate of drug-likeness (QED) is 0.894. The Morgan fingerprint density at radius 3 is 3.00 bits per heavy atom. The molecule has 0 aliphatic carbocycles. The zero-order valence-electron chi connectivity index (χ0n) is 10.1. The topological polar surface area (TPSA) is 55.5 Å². The Hall–Kier alpha value is -0.420. The fourth-order valence-corrected chi connectivity index (χ4v) is 3.21. The molecular formula is C13H18ClNO2S. The minimum absolute atomic E-state index is 0.190. The van der Waals surface area contributed by atoms with E-state index in [9.17, 15) is 5.11 Å². The number of nitrogens with two attached hydrogens (primary N) is 1. The highest BCUT2D eigenvalue weighted by atomic mass is 35.5. The first-order valence-electron chi connectivity index (χ1n) is 6.12. The van der Waals surface area contributed by atoms with E-state index in [1.165, 1.54) is 12.2 Å². The van der Waals surface area contributed by atoms with E-state index in [0.29, 0.717) is 10.8 Å². The second-order valence-electron chi connectivity index (χ2n) is 4.40. The summed E-state index contributed by atoms with van der Waals surface area (Å²) in [6.45, 7) is 0.190. The van der Waals surface area contributed by atoms with E-state index in [1.807, 2.05) is 23.9 Å². The van der Waals surface area contributed by atoms with Crippen LogP contribution in [0.2, 0.25) is 5.02 Å². The highest BCUT2D eigenvalue weighted by molar-refractivity contribution is 7.99. The number of ether oxygens (including phenoxy) is 1. The van der Waals surface area contributed by atoms with Gasteiger partial charge in [-0.25, -0.2) is 0 Å². The molecule has 1 aliphatic rings. The molecule has 18 heavy (non-hydrogen) atoms. The Kier molecular flexibility index (Phi) is 5.18. The smallest absolute Gasteiger partial charge is 0.138 e. The lowest BCUT2D eigenvalue weighted by atomic mass is 10.1. The van der Waals surface area contributed by atoms with Gasteiger partial charge in [0.15, 0.2) is 0 Å². The van der Waals surface area contributed by atoms with Crippen molar-refractivity contribution in [2.24, 2.45) is 5.73 Å². The van der Waals surface area contributed by atoms with Crippen molar-refractivity contribution >= 4 is 23.4 Å². The van der Waals surface area contributed by atoms with Crippen molar-refractivity contribution in [1.29, 1.82) is 0 Å². The fourth-order valence-electron chi connectivity index (χ4n) is 1.94. The van der Waals surface area contributed by atoms with Crippen molar-refractivity contribution in [2.75, 3.05) is 18.1 Å². The van der Waals surface area contributed by atoms with Crippen LogP contribution in [0.3, 0.4) is 0 Å². The lowest BCUT2D eigenvalue weighted by Crippen LogP contribution is -2.23. The number of thioether (sulfide) groups is 1. The van der Waals surface area contributed by atoms with E-state index < -0.39 is 6.10 Å². The maximum atomic E-state index is 9.64. The Balaban J connectivity index is 2.04. The number of aliphatic hydroxyl groups is 1. The number of aliphatic hydroxyl groups excluding tert-OH is 1. The van der Waals surface area contributed by atoms with Gasteiger partial charge in [0.25, 0.3) is 0 Å². The monoisotopic (exact) mass is 287 g/mol. The number of benzene rings is 1. The van der Waals surface area contributed by atoms with Crippen molar-refractivity contribution in [2.45, 2.75) is 25.0 Å². The van der Waals surface area contributed by atoms with E-state index in [0.717, 1.165) is 17.7 Å². The van der Waals surface area contributed by atoms with Gasteiger partial charge in [-0.15, -0.1) is 0 Å². The summed E-state index contributed by atoms with van der Waals surface area (Å²) in [5.41, 5.74) is 6.14. The molecule has 2 rings (SSSR count). The first kappa shape index (κ1) is 14.0. The molecule has 0 bridgehead atoms. The zero-order valence-corrected chi connectivity index (χ0v) is 11.7. The molecule has 1 aromatic rings. The van der Waals surface area contributed by atoms with E-state index in [-0.39, 0.29) is 12.6 Å². The van der Waals surface area contributed by atoms with Crippen LogP contribution in [0, 0.1) is 0 Å². The number of hydrogen-bond donors (Lipinski definition) is 2. The van der Waals surface area contributed by atoms with Gasteiger partial charge >= 0.3 is 0 Å². The molecule has 3 N–H and O–H groups in total.